The van der Waals surface area contributed by atoms with Crippen LogP contribution in [0.3, 0.4) is 0 Å². The number of likely N-dealkylation sites (N-methyl/N-ethyl adjacent to an activating group) is 1. The highest BCUT2D eigenvalue weighted by Crippen LogP contribution is 2.62. The van der Waals surface area contributed by atoms with Crippen LogP contribution >= 0.6 is 0 Å². The summed E-state index contributed by atoms with van der Waals surface area (Å²) in [6.07, 6.45) is -2.07. The molecule has 2 aliphatic carbocycles. The largest absolute Gasteiger partial charge is 0.493 e. The zero-order valence-corrected chi connectivity index (χ0v) is 11.9. The van der Waals surface area contributed by atoms with Gasteiger partial charge in [-0.25, -0.2) is 0 Å². The van der Waals surface area contributed by atoms with Crippen molar-refractivity contribution in [1.82, 2.24) is 4.90 Å². The Labute approximate surface area is 143 Å². The maximum atomic E-state index is 10.7. The van der Waals surface area contributed by atoms with Crippen LogP contribution in [-0.4, -0.2) is 48.9 Å². The van der Waals surface area contributed by atoms with Gasteiger partial charge in [-0.05, 0) is 38.0 Å². The summed E-state index contributed by atoms with van der Waals surface area (Å²) < 4.78 is 86.8. The third-order valence-corrected chi connectivity index (χ3v) is 5.24. The Morgan fingerprint density at radius 3 is 3.36 bits per heavy atom. The molecule has 5 rings (SSSR count). The van der Waals surface area contributed by atoms with Crippen molar-refractivity contribution in [2.45, 2.75) is 36.4 Å². The second-order valence-corrected chi connectivity index (χ2v) is 6.18. The van der Waals surface area contributed by atoms with E-state index in [1.165, 1.54) is 17.1 Å². The number of likely N-dealkylation sites (tertiary alicyclic amines) is 1. The Bertz CT molecular complexity index is 1040. The van der Waals surface area contributed by atoms with Gasteiger partial charge in [-0.2, -0.15) is 0 Å². The molecule has 1 fully saturated rings. The fourth-order valence-corrected chi connectivity index (χ4v) is 4.27. The number of hydrogen-bond donors (Lipinski definition) is 1. The van der Waals surface area contributed by atoms with E-state index in [0.29, 0.717) is 0 Å². The van der Waals surface area contributed by atoms with Crippen molar-refractivity contribution in [2.75, 3.05) is 20.6 Å². The lowest BCUT2D eigenvalue weighted by Gasteiger charge is -2.56. The van der Waals surface area contributed by atoms with E-state index in [1.807, 2.05) is 0 Å². The molecule has 116 valence electrons. The van der Waals surface area contributed by atoms with E-state index in [4.69, 9.17) is 19.1 Å². The lowest BCUT2D eigenvalue weighted by Crippen LogP contribution is -2.64. The van der Waals surface area contributed by atoms with Gasteiger partial charge in [0.15, 0.2) is 11.5 Å². The number of aliphatic hydroxyl groups is 1. The number of benzene rings is 1. The quantitative estimate of drug-likeness (QED) is 0.799. The SMILES string of the molecule is [2H]c1c([2H])c2c3c(c1OC([2H])([2H])[2H])OC1C(O)C=C[C@]4([2H])[C@@]31CCN(C)[C@]4([2H])C2([2H])[2H]. The van der Waals surface area contributed by atoms with Crippen molar-refractivity contribution in [3.8, 4) is 11.5 Å². The van der Waals surface area contributed by atoms with Crippen LogP contribution < -0.4 is 9.47 Å². The van der Waals surface area contributed by atoms with Crippen LogP contribution in [0.5, 0.6) is 11.5 Å². The van der Waals surface area contributed by atoms with E-state index in [2.05, 4.69) is 0 Å². The van der Waals surface area contributed by atoms with E-state index < -0.39 is 60.8 Å². The third kappa shape index (κ3) is 1.28. The second-order valence-electron chi connectivity index (χ2n) is 6.18. The Morgan fingerprint density at radius 1 is 1.59 bits per heavy atom. The maximum Gasteiger partial charge on any atom is 0.165 e. The minimum Gasteiger partial charge on any atom is -0.493 e. The first-order valence-corrected chi connectivity index (χ1v) is 7.27. The molecular formula is C18H21NO3. The van der Waals surface area contributed by atoms with Crippen molar-refractivity contribution in [3.63, 3.8) is 0 Å². The number of hydrogen-bond acceptors (Lipinski definition) is 4. The van der Waals surface area contributed by atoms with Gasteiger partial charge in [0, 0.05) is 28.4 Å². The van der Waals surface area contributed by atoms with Crippen LogP contribution in [0.4, 0.5) is 0 Å². The van der Waals surface area contributed by atoms with E-state index >= 15 is 0 Å². The molecule has 2 heterocycles. The molecule has 2 aliphatic heterocycles. The van der Waals surface area contributed by atoms with Crippen LogP contribution in [0, 0.1) is 5.89 Å². The molecule has 1 N–H and O–H groups in total. The van der Waals surface area contributed by atoms with E-state index in [9.17, 15) is 7.85 Å². The first-order valence-electron chi connectivity index (χ1n) is 11.8. The molecule has 1 saturated heterocycles. The number of nitrogens with zero attached hydrogens (tertiary/aromatic N) is 1. The summed E-state index contributed by atoms with van der Waals surface area (Å²) >= 11 is 0. The Morgan fingerprint density at radius 2 is 2.50 bits per heavy atom. The van der Waals surface area contributed by atoms with Gasteiger partial charge in [-0.1, -0.05) is 18.2 Å². The average Bonchev–Trinajstić information content (AvgIpc) is 3.00. The van der Waals surface area contributed by atoms with Gasteiger partial charge in [0.1, 0.15) is 12.2 Å². The van der Waals surface area contributed by atoms with Crippen molar-refractivity contribution in [2.24, 2.45) is 5.89 Å². The predicted molar refractivity (Wildman–Crippen MR) is 82.5 cm³/mol. The van der Waals surface area contributed by atoms with Gasteiger partial charge in [0.25, 0.3) is 0 Å². The highest BCUT2D eigenvalue weighted by molar-refractivity contribution is 5.62. The molecule has 0 aromatic heterocycles. The fraction of sp³-hybridized carbons (Fsp3) is 0.556. The lowest BCUT2D eigenvalue weighted by atomic mass is 9.53. The van der Waals surface area contributed by atoms with Crippen LogP contribution in [-0.2, 0) is 11.8 Å². The molecule has 4 heteroatoms. The van der Waals surface area contributed by atoms with Crippen LogP contribution in [0.1, 0.15) is 29.9 Å². The molecule has 0 amide bonds. The summed E-state index contributed by atoms with van der Waals surface area (Å²) in [6, 6.07) is -3.47. The Balaban J connectivity index is 1.97. The van der Waals surface area contributed by atoms with Crippen molar-refractivity contribution >= 4 is 0 Å². The highest BCUT2D eigenvalue weighted by atomic mass is 16.5. The summed E-state index contributed by atoms with van der Waals surface area (Å²) in [4.78, 5) is 1.43. The molecule has 1 aromatic carbocycles. The zero-order valence-electron chi connectivity index (χ0n) is 20.9. The first kappa shape index (κ1) is 6.93. The smallest absolute Gasteiger partial charge is 0.165 e. The Kier molecular flexibility index (Phi) is 1.28. The normalized spacial score (nSPS) is 56.5. The summed E-state index contributed by atoms with van der Waals surface area (Å²) in [5.41, 5.74) is -1.63. The Hall–Kier alpha value is -1.52. The molecule has 4 nitrogen and oxygen atoms in total. The van der Waals surface area contributed by atoms with E-state index in [0.717, 1.165) is 0 Å². The van der Waals surface area contributed by atoms with Gasteiger partial charge in [-0.15, -0.1) is 0 Å². The van der Waals surface area contributed by atoms with Crippen molar-refractivity contribution in [3.05, 3.63) is 35.4 Å². The van der Waals surface area contributed by atoms with Gasteiger partial charge in [0.05, 0.1) is 13.9 Å². The summed E-state index contributed by atoms with van der Waals surface area (Å²) in [5.74, 6) is -2.69. The number of aliphatic hydroxyl groups excluding tert-OH is 1. The van der Waals surface area contributed by atoms with E-state index in [-0.39, 0.29) is 29.8 Å². The zero-order chi connectivity index (χ0) is 22.9. The number of piperidine rings is 1. The average molecular weight is 308 g/mol. The first-order chi connectivity index (χ1) is 14.1. The van der Waals surface area contributed by atoms with E-state index in [1.54, 1.807) is 7.05 Å². The molecule has 1 aromatic rings. The standard InChI is InChI=1S/C18H21NO3/c1-19-8-7-18-11-4-5-13(20)17(18)22-16-14(21-2)6-3-10(15(16)18)9-12(11)19/h3-6,11-13,17,20H,7-9H2,1-2H3/t11-,12+,13?,17?,18-/m0/s1/i2D3,3D,6D,9D2,11D,12D. The van der Waals surface area contributed by atoms with Crippen molar-refractivity contribution < 1.29 is 26.9 Å². The second kappa shape index (κ2) is 4.06. The minimum atomic E-state index is -2.96. The van der Waals surface area contributed by atoms with Gasteiger partial charge in [0.2, 0.25) is 0 Å². The fourth-order valence-electron chi connectivity index (χ4n) is 4.27. The van der Waals surface area contributed by atoms with Crippen LogP contribution in [0.2, 0.25) is 0 Å². The molecule has 4 aliphatic rings. The number of ether oxygens (including phenoxy) is 2. The molecule has 1 spiro atoms. The molecule has 2 unspecified atom stereocenters. The molecular weight excluding hydrogens is 278 g/mol. The van der Waals surface area contributed by atoms with Gasteiger partial charge < -0.3 is 19.5 Å². The predicted octanol–water partition coefficient (Wildman–Crippen LogP) is 1.50. The molecule has 5 atom stereocenters. The lowest BCUT2D eigenvalue weighted by molar-refractivity contribution is -0.0453. The third-order valence-electron chi connectivity index (χ3n) is 5.24. The van der Waals surface area contributed by atoms with Gasteiger partial charge >= 0.3 is 0 Å². The van der Waals surface area contributed by atoms with Crippen LogP contribution in [0.15, 0.2) is 24.2 Å². The number of methoxy groups -OCH3 is 1. The van der Waals surface area contributed by atoms with Crippen molar-refractivity contribution in [1.29, 1.82) is 0 Å². The summed E-state index contributed by atoms with van der Waals surface area (Å²) in [5, 5.41) is 10.7. The molecule has 0 radical (unpaired) electrons. The van der Waals surface area contributed by atoms with Crippen LogP contribution in [0.25, 0.3) is 0 Å². The number of rotatable bonds is 1. The summed E-state index contributed by atoms with van der Waals surface area (Å²) in [7, 11) is -1.42. The minimum absolute atomic E-state index is 0.0668. The monoisotopic (exact) mass is 308 g/mol. The molecule has 22 heavy (non-hydrogen) atoms. The topological polar surface area (TPSA) is 41.9 Å². The molecule has 2 bridgehead atoms. The summed E-state index contributed by atoms with van der Waals surface area (Å²) in [6.45, 7) is 0.217. The van der Waals surface area contributed by atoms with Gasteiger partial charge in [-0.3, -0.25) is 0 Å². The maximum absolute atomic E-state index is 10.7. The highest BCUT2D eigenvalue weighted by Gasteiger charge is 2.64. The molecule has 0 saturated carbocycles.